The number of rotatable bonds is 5. The van der Waals surface area contributed by atoms with Crippen molar-refractivity contribution in [1.29, 1.82) is 0 Å². The Bertz CT molecular complexity index is 817. The van der Waals surface area contributed by atoms with Crippen molar-refractivity contribution >= 4 is 5.91 Å². The molecule has 0 N–H and O–H groups in total. The number of carbonyl (C=O) groups is 1. The van der Waals surface area contributed by atoms with Gasteiger partial charge in [-0.25, -0.2) is 0 Å². The Morgan fingerprint density at radius 3 is 2.75 bits per heavy atom. The van der Waals surface area contributed by atoms with Gasteiger partial charge in [0, 0.05) is 30.3 Å². The minimum Gasteiger partial charge on any atom is -0.497 e. The largest absolute Gasteiger partial charge is 0.497 e. The first-order valence-electron chi connectivity index (χ1n) is 10.3. The zero-order chi connectivity index (χ0) is 19.3. The van der Waals surface area contributed by atoms with Gasteiger partial charge in [-0.05, 0) is 63.0 Å². The summed E-state index contributed by atoms with van der Waals surface area (Å²) in [4.78, 5) is 22.0. The van der Waals surface area contributed by atoms with E-state index in [0.717, 1.165) is 61.7 Å². The Balaban J connectivity index is 1.46. The van der Waals surface area contributed by atoms with Crippen LogP contribution >= 0.6 is 0 Å². The van der Waals surface area contributed by atoms with Crippen molar-refractivity contribution in [2.24, 2.45) is 0 Å². The highest BCUT2D eigenvalue weighted by atomic mass is 16.5. The topological polar surface area (TPSA) is 45.7 Å². The van der Waals surface area contributed by atoms with Gasteiger partial charge in [-0.2, -0.15) is 0 Å². The Morgan fingerprint density at radius 2 is 1.93 bits per heavy atom. The van der Waals surface area contributed by atoms with Gasteiger partial charge in [0.15, 0.2) is 0 Å². The van der Waals surface area contributed by atoms with Crippen LogP contribution in [-0.2, 0) is 4.79 Å². The van der Waals surface area contributed by atoms with E-state index in [-0.39, 0.29) is 5.91 Å². The van der Waals surface area contributed by atoms with Gasteiger partial charge in [0.05, 0.1) is 19.3 Å². The molecule has 28 heavy (non-hydrogen) atoms. The van der Waals surface area contributed by atoms with Gasteiger partial charge in [-0.3, -0.25) is 14.7 Å². The Morgan fingerprint density at radius 1 is 1.11 bits per heavy atom. The lowest BCUT2D eigenvalue weighted by Gasteiger charge is -2.33. The molecule has 0 spiro atoms. The lowest BCUT2D eigenvalue weighted by molar-refractivity contribution is -0.133. The second-order valence-electron chi connectivity index (χ2n) is 7.84. The first-order valence-corrected chi connectivity index (χ1v) is 10.3. The second kappa shape index (κ2) is 8.74. The second-order valence-corrected chi connectivity index (χ2v) is 7.84. The zero-order valence-electron chi connectivity index (χ0n) is 16.6. The van der Waals surface area contributed by atoms with Crippen LogP contribution in [-0.4, -0.2) is 60.5 Å². The van der Waals surface area contributed by atoms with E-state index in [4.69, 9.17) is 9.72 Å². The van der Waals surface area contributed by atoms with Crippen molar-refractivity contribution in [3.63, 3.8) is 0 Å². The molecular weight excluding hydrogens is 350 g/mol. The molecule has 0 bridgehead atoms. The number of methoxy groups -OCH3 is 1. The molecule has 2 fully saturated rings. The van der Waals surface area contributed by atoms with Gasteiger partial charge in [0.2, 0.25) is 5.91 Å². The molecular formula is C23H29N3O2. The Kier molecular flexibility index (Phi) is 5.91. The molecule has 3 heterocycles. The summed E-state index contributed by atoms with van der Waals surface area (Å²) in [7, 11) is 1.68. The van der Waals surface area contributed by atoms with Crippen LogP contribution in [0.2, 0.25) is 0 Å². The predicted molar refractivity (Wildman–Crippen MR) is 110 cm³/mol. The van der Waals surface area contributed by atoms with E-state index >= 15 is 0 Å². The standard InChI is InChI=1S/C23H29N3O2/c1-28-20-9-4-7-18(15-20)21-10-5-11-22(24-21)19-8-6-14-26(16-19)23(27)17-25-12-2-3-13-25/h4-5,7,9-11,15,19H,2-3,6,8,12-14,16-17H2,1H3/t19-/m1/s1. The molecule has 1 atom stereocenters. The zero-order valence-corrected chi connectivity index (χ0v) is 16.6. The number of benzene rings is 1. The van der Waals surface area contributed by atoms with E-state index < -0.39 is 0 Å². The fourth-order valence-electron chi connectivity index (χ4n) is 4.30. The molecule has 0 radical (unpaired) electrons. The molecule has 0 saturated carbocycles. The van der Waals surface area contributed by atoms with Crippen LogP contribution in [0.4, 0.5) is 0 Å². The van der Waals surface area contributed by atoms with Crippen LogP contribution in [0.25, 0.3) is 11.3 Å². The monoisotopic (exact) mass is 379 g/mol. The highest BCUT2D eigenvalue weighted by Gasteiger charge is 2.27. The average Bonchev–Trinajstić information content (AvgIpc) is 3.27. The summed E-state index contributed by atoms with van der Waals surface area (Å²) < 4.78 is 5.34. The number of aromatic nitrogens is 1. The first-order chi connectivity index (χ1) is 13.7. The molecule has 5 heteroatoms. The van der Waals surface area contributed by atoms with Crippen molar-refractivity contribution in [2.45, 2.75) is 31.6 Å². The van der Waals surface area contributed by atoms with E-state index in [9.17, 15) is 4.79 Å². The maximum absolute atomic E-state index is 12.7. The minimum absolute atomic E-state index is 0.274. The maximum atomic E-state index is 12.7. The summed E-state index contributed by atoms with van der Waals surface area (Å²) in [6.45, 7) is 4.35. The van der Waals surface area contributed by atoms with Gasteiger partial charge < -0.3 is 9.64 Å². The van der Waals surface area contributed by atoms with Crippen LogP contribution < -0.4 is 4.74 Å². The summed E-state index contributed by atoms with van der Waals surface area (Å²) in [5.41, 5.74) is 3.09. The van der Waals surface area contributed by atoms with E-state index in [0.29, 0.717) is 12.5 Å². The fraction of sp³-hybridized carbons (Fsp3) is 0.478. The Hall–Kier alpha value is -2.40. The minimum atomic E-state index is 0.274. The van der Waals surface area contributed by atoms with E-state index in [1.807, 2.05) is 29.2 Å². The number of ether oxygens (including phenoxy) is 1. The normalized spacial score (nSPS) is 20.3. The van der Waals surface area contributed by atoms with Crippen LogP contribution in [0.15, 0.2) is 42.5 Å². The summed E-state index contributed by atoms with van der Waals surface area (Å²) >= 11 is 0. The average molecular weight is 380 g/mol. The highest BCUT2D eigenvalue weighted by Crippen LogP contribution is 2.29. The van der Waals surface area contributed by atoms with Crippen LogP contribution in [0, 0.1) is 0 Å². The molecule has 2 aliphatic rings. The lowest BCUT2D eigenvalue weighted by Crippen LogP contribution is -2.44. The molecule has 0 aliphatic carbocycles. The third-order valence-electron chi connectivity index (χ3n) is 5.89. The van der Waals surface area contributed by atoms with Crippen molar-refractivity contribution in [2.75, 3.05) is 39.8 Å². The first kappa shape index (κ1) is 18.9. The van der Waals surface area contributed by atoms with Crippen LogP contribution in [0.5, 0.6) is 5.75 Å². The molecule has 148 valence electrons. The maximum Gasteiger partial charge on any atom is 0.236 e. The number of hydrogen-bond acceptors (Lipinski definition) is 4. The predicted octanol–water partition coefficient (Wildman–Crippen LogP) is 3.56. The molecule has 5 nitrogen and oxygen atoms in total. The van der Waals surface area contributed by atoms with Gasteiger partial charge in [0.1, 0.15) is 5.75 Å². The van der Waals surface area contributed by atoms with Crippen molar-refractivity contribution in [3.8, 4) is 17.0 Å². The number of carbonyl (C=O) groups excluding carboxylic acids is 1. The lowest BCUT2D eigenvalue weighted by atomic mass is 9.93. The number of likely N-dealkylation sites (tertiary alicyclic amines) is 2. The highest BCUT2D eigenvalue weighted by molar-refractivity contribution is 5.78. The smallest absolute Gasteiger partial charge is 0.236 e. The van der Waals surface area contributed by atoms with Crippen molar-refractivity contribution in [3.05, 3.63) is 48.2 Å². The van der Waals surface area contributed by atoms with E-state index in [1.165, 1.54) is 12.8 Å². The van der Waals surface area contributed by atoms with Crippen LogP contribution in [0.1, 0.15) is 37.3 Å². The summed E-state index contributed by atoms with van der Waals surface area (Å²) in [6, 6.07) is 14.2. The molecule has 2 saturated heterocycles. The van der Waals surface area contributed by atoms with E-state index in [1.54, 1.807) is 7.11 Å². The number of amides is 1. The van der Waals surface area contributed by atoms with E-state index in [2.05, 4.69) is 23.1 Å². The SMILES string of the molecule is COc1cccc(-c2cccc([C@@H]3CCCN(C(=O)CN4CCCC4)C3)n2)c1. The van der Waals surface area contributed by atoms with Gasteiger partial charge in [-0.1, -0.05) is 18.2 Å². The molecule has 0 unspecified atom stereocenters. The van der Waals surface area contributed by atoms with Gasteiger partial charge in [0.25, 0.3) is 0 Å². The molecule has 1 aromatic carbocycles. The quantitative estimate of drug-likeness (QED) is 0.797. The molecule has 2 aromatic rings. The molecule has 2 aliphatic heterocycles. The van der Waals surface area contributed by atoms with Crippen molar-refractivity contribution in [1.82, 2.24) is 14.8 Å². The molecule has 1 aromatic heterocycles. The number of nitrogens with zero attached hydrogens (tertiary/aromatic N) is 3. The number of pyridine rings is 1. The summed E-state index contributed by atoms with van der Waals surface area (Å²) in [5.74, 6) is 1.42. The number of piperidine rings is 1. The van der Waals surface area contributed by atoms with Gasteiger partial charge in [-0.15, -0.1) is 0 Å². The molecule has 1 amide bonds. The van der Waals surface area contributed by atoms with Crippen molar-refractivity contribution < 1.29 is 9.53 Å². The summed E-state index contributed by atoms with van der Waals surface area (Å²) in [5, 5.41) is 0. The molecule has 4 rings (SSSR count). The van der Waals surface area contributed by atoms with Crippen LogP contribution in [0.3, 0.4) is 0 Å². The number of hydrogen-bond donors (Lipinski definition) is 0. The third-order valence-corrected chi connectivity index (χ3v) is 5.89. The fourth-order valence-corrected chi connectivity index (χ4v) is 4.30. The Labute approximate surface area is 167 Å². The third kappa shape index (κ3) is 4.36. The summed E-state index contributed by atoms with van der Waals surface area (Å²) in [6.07, 6.45) is 4.57. The van der Waals surface area contributed by atoms with Gasteiger partial charge >= 0.3 is 0 Å².